The third kappa shape index (κ3) is 13.4. The van der Waals surface area contributed by atoms with Crippen LogP contribution >= 0.6 is 19.5 Å². The van der Waals surface area contributed by atoms with E-state index in [1.807, 2.05) is 0 Å². The van der Waals surface area contributed by atoms with E-state index in [2.05, 4.69) is 20.5 Å². The molecule has 3 amide bonds. The topological polar surface area (TPSA) is 336 Å². The van der Waals surface area contributed by atoms with Crippen molar-refractivity contribution >= 4 is 66.8 Å². The van der Waals surface area contributed by atoms with Crippen molar-refractivity contribution in [1.82, 2.24) is 15.7 Å². The number of nitrogens with one attached hydrogen (secondary N) is 4. The van der Waals surface area contributed by atoms with Gasteiger partial charge in [-0.1, -0.05) is 30.3 Å². The minimum Gasteiger partial charge on any atom is -0.508 e. The number of fused-ring (bicyclic) bond motifs is 2. The fourth-order valence-electron chi connectivity index (χ4n) is 6.76. The highest BCUT2D eigenvalue weighted by Crippen LogP contribution is 2.44. The molecule has 0 aromatic heterocycles. The Bertz CT molecular complexity index is 2450. The lowest BCUT2D eigenvalue weighted by atomic mass is 9.73. The number of phenols is 2. The number of aromatic hydroxyl groups is 2. The van der Waals surface area contributed by atoms with Crippen LogP contribution in [0.4, 0.5) is 5.69 Å². The Labute approximate surface area is 368 Å². The molecule has 5 rings (SSSR count). The maximum Gasteiger partial charge on any atom is 0.403 e. The highest BCUT2D eigenvalue weighted by Gasteiger charge is 2.33. The fourth-order valence-corrected chi connectivity index (χ4v) is 8.55. The monoisotopic (exact) mass is 922 g/mol. The van der Waals surface area contributed by atoms with Crippen molar-refractivity contribution in [3.63, 3.8) is 0 Å². The summed E-state index contributed by atoms with van der Waals surface area (Å²) >= 11 is 1.18. The van der Waals surface area contributed by atoms with Gasteiger partial charge >= 0.3 is 31.6 Å². The summed E-state index contributed by atoms with van der Waals surface area (Å²) in [5, 5.41) is 67.2. The van der Waals surface area contributed by atoms with Crippen molar-refractivity contribution in [2.75, 3.05) is 23.4 Å². The smallest absolute Gasteiger partial charge is 0.403 e. The quantitative estimate of drug-likeness (QED) is 0.0350. The van der Waals surface area contributed by atoms with Crippen LogP contribution in [0.25, 0.3) is 0 Å². The average Bonchev–Trinajstić information content (AvgIpc) is 3.23. The van der Waals surface area contributed by atoms with Gasteiger partial charge in [-0.25, -0.2) is 19.2 Å². The minimum atomic E-state index is -4.96. The van der Waals surface area contributed by atoms with Gasteiger partial charge in [0.1, 0.15) is 17.5 Å². The maximum absolute atomic E-state index is 12.8. The number of aromatic carboxylic acids is 1. The number of benzene rings is 4. The van der Waals surface area contributed by atoms with Crippen molar-refractivity contribution in [1.29, 1.82) is 0 Å². The van der Waals surface area contributed by atoms with Gasteiger partial charge in [0.05, 0.1) is 17.9 Å². The highest BCUT2D eigenvalue weighted by atomic mass is 32.2. The molecular weight excluding hydrogens is 880 g/mol. The summed E-state index contributed by atoms with van der Waals surface area (Å²) < 4.78 is 17.0. The molecule has 1 aliphatic rings. The molecule has 1 aliphatic carbocycles. The Morgan fingerprint density at radius 2 is 1.36 bits per heavy atom. The molecule has 4 aromatic rings. The lowest BCUT2D eigenvalue weighted by molar-refractivity contribution is -0.142. The van der Waals surface area contributed by atoms with Crippen molar-refractivity contribution in [3.05, 3.63) is 123 Å². The van der Waals surface area contributed by atoms with Crippen LogP contribution in [0, 0.1) is 0 Å². The largest absolute Gasteiger partial charge is 0.508 e. The first-order chi connectivity index (χ1) is 30.3. The second-order valence-electron chi connectivity index (χ2n) is 14.4. The van der Waals surface area contributed by atoms with E-state index in [1.54, 1.807) is 41.5 Å². The van der Waals surface area contributed by atoms with Crippen molar-refractivity contribution in [3.8, 4) is 11.5 Å². The fraction of sp³-hybridized carbons (Fsp3) is 0.262. The summed E-state index contributed by atoms with van der Waals surface area (Å²) in [5.41, 5.74) is 4.40. The summed E-state index contributed by atoms with van der Waals surface area (Å²) in [6.45, 7) is -0.998. The van der Waals surface area contributed by atoms with Gasteiger partial charge in [0.2, 0.25) is 11.8 Å². The lowest BCUT2D eigenvalue weighted by Crippen LogP contribution is -2.44. The third-order valence-electron chi connectivity index (χ3n) is 9.83. The molecule has 0 heterocycles. The van der Waals surface area contributed by atoms with Gasteiger partial charge in [-0.3, -0.25) is 28.5 Å². The summed E-state index contributed by atoms with van der Waals surface area (Å²) in [6, 6.07) is 16.4. The van der Waals surface area contributed by atoms with Gasteiger partial charge in [-0.2, -0.15) is 11.8 Å². The zero-order chi connectivity index (χ0) is 46.7. The number of carboxylic acid groups (broad SMARTS) is 4. The number of rotatable bonds is 22. The highest BCUT2D eigenvalue weighted by molar-refractivity contribution is 7.99. The number of hydrogen-bond acceptors (Lipinski definition) is 12. The number of carbonyl (C=O) groups excluding carboxylic acids is 3. The summed E-state index contributed by atoms with van der Waals surface area (Å²) in [7, 11) is -4.96. The molecule has 20 nitrogen and oxygen atoms in total. The van der Waals surface area contributed by atoms with E-state index in [0.717, 1.165) is 22.3 Å². The van der Waals surface area contributed by atoms with Crippen LogP contribution in [0.5, 0.6) is 11.5 Å². The Balaban J connectivity index is 1.06. The number of phenolic OH excluding ortho intramolecular Hbond substituents is 2. The Morgan fingerprint density at radius 3 is 1.94 bits per heavy atom. The van der Waals surface area contributed by atoms with Crippen LogP contribution in [0.1, 0.15) is 79.3 Å². The first kappa shape index (κ1) is 48.3. The van der Waals surface area contributed by atoms with Crippen molar-refractivity contribution in [2.45, 2.75) is 50.2 Å². The van der Waals surface area contributed by atoms with E-state index in [-0.39, 0.29) is 58.7 Å². The van der Waals surface area contributed by atoms with E-state index in [4.69, 9.17) is 5.11 Å². The van der Waals surface area contributed by atoms with E-state index >= 15 is 0 Å². The summed E-state index contributed by atoms with van der Waals surface area (Å²) in [5.74, 6) is -7.72. The van der Waals surface area contributed by atoms with Crippen molar-refractivity contribution in [2.24, 2.45) is 0 Å². The number of aliphatic carboxylic acids is 3. The minimum absolute atomic E-state index is 0.0133. The van der Waals surface area contributed by atoms with E-state index in [9.17, 15) is 68.6 Å². The molecule has 0 aliphatic heterocycles. The van der Waals surface area contributed by atoms with Gasteiger partial charge < -0.3 is 51.5 Å². The average molecular weight is 923 g/mol. The molecule has 11 N–H and O–H groups in total. The van der Waals surface area contributed by atoms with Crippen LogP contribution < -0.4 is 21.0 Å². The number of thioether (sulfide) groups is 1. The standard InChI is InChI=1S/C42H43N4O16PS/c47-27-6-9-29-24(16-27)15-25-17-28(48)7-10-30(25)38(29)31-8-5-26(18-32(31)40(54)55)44-36(50)21-64-14-13-35(49)43-19-22-1-3-23(4-2-22)39(53)45-34(42(58)59)20-62-63(60,61)46-33(41(56)57)11-12-37(51)52/h1-10,16-18,33-34,38,47-48H,11-15,19-21H2,(H,43,49)(H,44,50)(H,45,53)(H,51,52)(H,54,55)(H,56,57)(H,58,59)(H2,46,60,61)/t33-,34-/m0/s1. The molecule has 0 saturated heterocycles. The van der Waals surface area contributed by atoms with E-state index in [1.165, 1.54) is 54.2 Å². The first-order valence-electron chi connectivity index (χ1n) is 19.3. The second-order valence-corrected chi connectivity index (χ2v) is 17.1. The molecule has 338 valence electrons. The zero-order valence-electron chi connectivity index (χ0n) is 33.6. The van der Waals surface area contributed by atoms with Crippen molar-refractivity contribution < 1.29 is 78.2 Å². The second kappa shape index (κ2) is 21.5. The van der Waals surface area contributed by atoms with Gasteiger partial charge in [-0.15, -0.1) is 0 Å². The van der Waals surface area contributed by atoms with Crippen LogP contribution in [0.2, 0.25) is 0 Å². The van der Waals surface area contributed by atoms with Gasteiger partial charge in [0, 0.05) is 42.3 Å². The molecule has 0 spiro atoms. The number of hydrogen-bond donors (Lipinski definition) is 11. The van der Waals surface area contributed by atoms with Gasteiger partial charge in [0.15, 0.2) is 6.04 Å². The van der Waals surface area contributed by atoms with E-state index in [0.29, 0.717) is 17.5 Å². The molecule has 4 aromatic carbocycles. The van der Waals surface area contributed by atoms with Gasteiger partial charge in [-0.05, 0) is 94.8 Å². The SMILES string of the molecule is O=C(O)CC[C@H](NP(=O)(O)OC[C@H](NC(=O)c1ccc(CNC(=O)CCSCC(=O)Nc2ccc(C3c4ccc(O)cc4Cc4cc(O)ccc43)c(C(=O)O)c2)cc1)C(=O)O)C(=O)O. The molecule has 0 bridgehead atoms. The predicted octanol–water partition coefficient (Wildman–Crippen LogP) is 3.47. The molecule has 22 heteroatoms. The van der Waals surface area contributed by atoms with Crippen LogP contribution in [-0.2, 0) is 46.0 Å². The van der Waals surface area contributed by atoms with Crippen LogP contribution in [-0.4, -0.2) is 107 Å². The summed E-state index contributed by atoms with van der Waals surface area (Å²) in [6.07, 6.45) is -0.749. The van der Waals surface area contributed by atoms with Gasteiger partial charge in [0.25, 0.3) is 5.91 Å². The molecule has 3 atom stereocenters. The number of carbonyl (C=O) groups is 7. The van der Waals surface area contributed by atoms with Crippen LogP contribution in [0.15, 0.2) is 78.9 Å². The first-order valence-corrected chi connectivity index (χ1v) is 22.0. The van der Waals surface area contributed by atoms with E-state index < -0.39 is 80.9 Å². The molecule has 0 radical (unpaired) electrons. The Morgan fingerprint density at radius 1 is 0.750 bits per heavy atom. The maximum atomic E-state index is 12.8. The molecular formula is C42H43N4O16PS. The Kier molecular flexibility index (Phi) is 16.2. The molecule has 1 unspecified atom stereocenters. The molecule has 0 saturated carbocycles. The number of amides is 3. The summed E-state index contributed by atoms with van der Waals surface area (Å²) in [4.78, 5) is 94.4. The van der Waals surface area contributed by atoms with Crippen LogP contribution in [0.3, 0.4) is 0 Å². The predicted molar refractivity (Wildman–Crippen MR) is 228 cm³/mol. The number of anilines is 1. The molecule has 64 heavy (non-hydrogen) atoms. The normalized spacial score (nSPS) is 13.8. The zero-order valence-corrected chi connectivity index (χ0v) is 35.3. The third-order valence-corrected chi connectivity index (χ3v) is 11.9. The molecule has 0 fully saturated rings. The lowest BCUT2D eigenvalue weighted by Gasteiger charge is -2.30. The Hall–Kier alpha value is -6.77. The number of carboxylic acids is 4.